The summed E-state index contributed by atoms with van der Waals surface area (Å²) < 4.78 is 1.33. The van der Waals surface area contributed by atoms with Crippen LogP contribution in [-0.4, -0.2) is 51.2 Å². The molecule has 1 aliphatic heterocycles. The highest BCUT2D eigenvalue weighted by Gasteiger charge is 2.17. The number of carbonyl (C=O) groups is 1. The lowest BCUT2D eigenvalue weighted by molar-refractivity contribution is 0.0948. The topological polar surface area (TPSA) is 107 Å². The smallest absolute Gasteiger partial charge is 0.280 e. The van der Waals surface area contributed by atoms with Crippen LogP contribution < -0.4 is 10.9 Å². The van der Waals surface area contributed by atoms with E-state index in [-0.39, 0.29) is 11.5 Å². The maximum absolute atomic E-state index is 12.8. The van der Waals surface area contributed by atoms with Gasteiger partial charge >= 0.3 is 0 Å². The van der Waals surface area contributed by atoms with Gasteiger partial charge in [0.05, 0.1) is 22.8 Å². The van der Waals surface area contributed by atoms with Crippen molar-refractivity contribution in [2.45, 2.75) is 38.6 Å². The number of rotatable bonds is 7. The van der Waals surface area contributed by atoms with Crippen molar-refractivity contribution in [2.75, 3.05) is 19.6 Å². The van der Waals surface area contributed by atoms with Crippen molar-refractivity contribution < 1.29 is 4.79 Å². The van der Waals surface area contributed by atoms with Crippen LogP contribution in [0, 0.1) is 11.3 Å². The molecule has 0 spiro atoms. The largest absolute Gasteiger partial charge is 0.352 e. The average Bonchev–Trinajstić information content (AvgIpc) is 3.24. The van der Waals surface area contributed by atoms with Crippen LogP contribution in [0.4, 0.5) is 0 Å². The summed E-state index contributed by atoms with van der Waals surface area (Å²) in [6.07, 6.45) is 7.82. The standard InChI is InChI=1S/C25H28N6O2/c1-18-5-2-3-13-30(18)14-4-12-27-24(32)21-10-11-23(28-16-21)31-25(33)22(17-29-31)20-8-6-19(15-26)7-9-20/h6-11,16-18,29H,2-5,12-14H2,1H3,(H,27,32). The van der Waals surface area contributed by atoms with Gasteiger partial charge in [-0.2, -0.15) is 5.26 Å². The molecule has 1 amide bonds. The van der Waals surface area contributed by atoms with Gasteiger partial charge in [-0.05, 0) is 62.6 Å². The van der Waals surface area contributed by atoms with Crippen LogP contribution in [0.25, 0.3) is 16.9 Å². The van der Waals surface area contributed by atoms with E-state index >= 15 is 0 Å². The zero-order valence-corrected chi connectivity index (χ0v) is 18.8. The minimum absolute atomic E-state index is 0.169. The first-order chi connectivity index (χ1) is 16.1. The predicted molar refractivity (Wildman–Crippen MR) is 126 cm³/mol. The average molecular weight is 445 g/mol. The second-order valence-corrected chi connectivity index (χ2v) is 8.41. The van der Waals surface area contributed by atoms with Crippen molar-refractivity contribution in [1.82, 2.24) is 25.0 Å². The fourth-order valence-corrected chi connectivity index (χ4v) is 4.20. The Morgan fingerprint density at radius 2 is 2.06 bits per heavy atom. The highest BCUT2D eigenvalue weighted by Crippen LogP contribution is 2.17. The SMILES string of the molecule is CC1CCCCN1CCCNC(=O)c1ccc(-n2[nH]cc(-c3ccc(C#N)cc3)c2=O)nc1. The number of hydrogen-bond acceptors (Lipinski definition) is 5. The number of benzene rings is 1. The number of likely N-dealkylation sites (tertiary alicyclic amines) is 1. The molecule has 2 aromatic heterocycles. The molecule has 3 aromatic rings. The van der Waals surface area contributed by atoms with E-state index < -0.39 is 0 Å². The van der Waals surface area contributed by atoms with Gasteiger partial charge in [-0.25, -0.2) is 9.67 Å². The van der Waals surface area contributed by atoms with E-state index in [1.54, 1.807) is 42.6 Å². The molecule has 0 saturated carbocycles. The quantitative estimate of drug-likeness (QED) is 0.545. The zero-order valence-electron chi connectivity index (χ0n) is 18.8. The lowest BCUT2D eigenvalue weighted by atomic mass is 10.0. The summed E-state index contributed by atoms with van der Waals surface area (Å²) in [6, 6.07) is 12.8. The Labute approximate surface area is 192 Å². The van der Waals surface area contributed by atoms with Crippen molar-refractivity contribution in [3.05, 3.63) is 70.3 Å². The van der Waals surface area contributed by atoms with E-state index in [1.165, 1.54) is 30.1 Å². The molecule has 1 unspecified atom stereocenters. The van der Waals surface area contributed by atoms with Crippen LogP contribution in [-0.2, 0) is 0 Å². The number of amides is 1. The lowest BCUT2D eigenvalue weighted by Crippen LogP contribution is -2.39. The number of nitriles is 1. The van der Waals surface area contributed by atoms with Crippen molar-refractivity contribution >= 4 is 5.91 Å². The number of nitrogens with zero attached hydrogens (tertiary/aromatic N) is 4. The van der Waals surface area contributed by atoms with Crippen molar-refractivity contribution in [1.29, 1.82) is 5.26 Å². The Balaban J connectivity index is 1.35. The summed E-state index contributed by atoms with van der Waals surface area (Å²) in [7, 11) is 0. The molecular weight excluding hydrogens is 416 g/mol. The molecule has 1 aliphatic rings. The van der Waals surface area contributed by atoms with Crippen LogP contribution in [0.1, 0.15) is 48.5 Å². The summed E-state index contributed by atoms with van der Waals surface area (Å²) in [6.45, 7) is 5.03. The third kappa shape index (κ3) is 5.21. The third-order valence-corrected chi connectivity index (χ3v) is 6.18. The van der Waals surface area contributed by atoms with E-state index in [1.807, 2.05) is 0 Å². The van der Waals surface area contributed by atoms with Gasteiger partial charge < -0.3 is 10.2 Å². The van der Waals surface area contributed by atoms with Gasteiger partial charge in [0.15, 0.2) is 5.82 Å². The molecule has 2 N–H and O–H groups in total. The van der Waals surface area contributed by atoms with E-state index in [9.17, 15) is 9.59 Å². The van der Waals surface area contributed by atoms with Crippen LogP contribution in [0.15, 0.2) is 53.6 Å². The van der Waals surface area contributed by atoms with Gasteiger partial charge in [-0.15, -0.1) is 0 Å². The second-order valence-electron chi connectivity index (χ2n) is 8.41. The van der Waals surface area contributed by atoms with E-state index in [0.717, 1.165) is 19.5 Å². The number of hydrogen-bond donors (Lipinski definition) is 2. The first-order valence-electron chi connectivity index (χ1n) is 11.4. The molecule has 8 nitrogen and oxygen atoms in total. The van der Waals surface area contributed by atoms with Gasteiger partial charge in [0.25, 0.3) is 11.5 Å². The molecule has 0 radical (unpaired) electrons. The monoisotopic (exact) mass is 444 g/mol. The summed E-state index contributed by atoms with van der Waals surface area (Å²) in [5.41, 5.74) is 1.93. The molecule has 0 aliphatic carbocycles. The third-order valence-electron chi connectivity index (χ3n) is 6.18. The van der Waals surface area contributed by atoms with Gasteiger partial charge in [0.2, 0.25) is 0 Å². The highest BCUT2D eigenvalue weighted by molar-refractivity contribution is 5.93. The van der Waals surface area contributed by atoms with E-state index in [4.69, 9.17) is 5.26 Å². The number of piperidine rings is 1. The molecule has 1 fully saturated rings. The van der Waals surface area contributed by atoms with Crippen molar-refractivity contribution in [3.8, 4) is 23.0 Å². The first-order valence-corrected chi connectivity index (χ1v) is 11.4. The molecule has 33 heavy (non-hydrogen) atoms. The lowest BCUT2D eigenvalue weighted by Gasteiger charge is -2.33. The number of aromatic amines is 1. The summed E-state index contributed by atoms with van der Waals surface area (Å²) >= 11 is 0. The number of H-pyrrole nitrogens is 1. The number of aromatic nitrogens is 3. The Hall–Kier alpha value is -3.70. The second kappa shape index (κ2) is 10.3. The van der Waals surface area contributed by atoms with Crippen LogP contribution in [0.3, 0.4) is 0 Å². The van der Waals surface area contributed by atoms with Gasteiger partial charge in [-0.3, -0.25) is 14.7 Å². The minimum atomic E-state index is -0.253. The Morgan fingerprint density at radius 3 is 2.76 bits per heavy atom. The van der Waals surface area contributed by atoms with Gasteiger partial charge in [0.1, 0.15) is 0 Å². The number of pyridine rings is 1. The fraction of sp³-hybridized carbons (Fsp3) is 0.360. The summed E-state index contributed by atoms with van der Waals surface area (Å²) in [5.74, 6) is 0.230. The molecule has 1 atom stereocenters. The van der Waals surface area contributed by atoms with Crippen LogP contribution >= 0.6 is 0 Å². The Morgan fingerprint density at radius 1 is 1.24 bits per heavy atom. The summed E-state index contributed by atoms with van der Waals surface area (Å²) in [5, 5.41) is 14.8. The maximum atomic E-state index is 12.8. The molecule has 3 heterocycles. The Bertz CT molecular complexity index is 1190. The van der Waals surface area contributed by atoms with Crippen LogP contribution in [0.5, 0.6) is 0 Å². The highest BCUT2D eigenvalue weighted by atomic mass is 16.1. The van der Waals surface area contributed by atoms with Gasteiger partial charge in [-0.1, -0.05) is 18.6 Å². The van der Waals surface area contributed by atoms with Crippen LogP contribution in [0.2, 0.25) is 0 Å². The predicted octanol–water partition coefficient (Wildman–Crippen LogP) is 3.09. The molecule has 170 valence electrons. The summed E-state index contributed by atoms with van der Waals surface area (Å²) in [4.78, 5) is 32.1. The normalized spacial score (nSPS) is 16.3. The molecule has 1 aromatic carbocycles. The zero-order chi connectivity index (χ0) is 23.2. The fourth-order valence-electron chi connectivity index (χ4n) is 4.20. The van der Waals surface area contributed by atoms with E-state index in [0.29, 0.717) is 40.7 Å². The molecule has 8 heteroatoms. The molecule has 1 saturated heterocycles. The molecule has 0 bridgehead atoms. The number of nitrogens with one attached hydrogen (secondary N) is 2. The van der Waals surface area contributed by atoms with Crippen molar-refractivity contribution in [2.24, 2.45) is 0 Å². The van der Waals surface area contributed by atoms with Gasteiger partial charge in [0, 0.05) is 31.5 Å². The maximum Gasteiger partial charge on any atom is 0.280 e. The molecule has 4 rings (SSSR count). The van der Waals surface area contributed by atoms with Crippen molar-refractivity contribution in [3.63, 3.8) is 0 Å². The Kier molecular flexibility index (Phi) is 7.01. The first kappa shape index (κ1) is 22.5. The number of carbonyl (C=O) groups excluding carboxylic acids is 1. The van der Waals surface area contributed by atoms with E-state index in [2.05, 4.69) is 33.3 Å². The molecular formula is C25H28N6O2. The minimum Gasteiger partial charge on any atom is -0.352 e.